The summed E-state index contributed by atoms with van der Waals surface area (Å²) in [5.74, 6) is 0.652. The molecule has 0 amide bonds. The molecule has 40 heavy (non-hydrogen) atoms. The molecule has 1 fully saturated rings. The Labute approximate surface area is 234 Å². The lowest BCUT2D eigenvalue weighted by Gasteiger charge is -2.13. The lowest BCUT2D eigenvalue weighted by atomic mass is 9.91. The molecule has 0 unspecified atom stereocenters. The van der Waals surface area contributed by atoms with Crippen LogP contribution in [0.1, 0.15) is 57.1 Å². The van der Waals surface area contributed by atoms with Crippen molar-refractivity contribution in [3.8, 4) is 17.2 Å². The van der Waals surface area contributed by atoms with Crippen LogP contribution in [0.15, 0.2) is 47.3 Å². The predicted octanol–water partition coefficient (Wildman–Crippen LogP) is 8.42. The molecule has 0 bridgehead atoms. The molecule has 5 aromatic rings. The van der Waals surface area contributed by atoms with E-state index < -0.39 is 5.82 Å². The number of fused-ring (bicyclic) bond motifs is 2. The number of aryl methyl sites for hydroxylation is 2. The minimum absolute atomic E-state index is 0.253. The van der Waals surface area contributed by atoms with Crippen LogP contribution >= 0.6 is 0 Å². The standard InChI is InChI=1S/C22H19FN6O.C7H11N.C2H6/c1-11-6-12(2)19-17(7-11)29-22(30-19)28-16-5-4-13(8-15(16)23)14-9-25-21-18(14)20(24-3)26-10-27-21;8-6-7-4-2-1-3-5-7;1-2/h4-10H,1-3H3,(H,28,29)(H2,24,25,26,27);7H,1-5H2;1-2H3. The summed E-state index contributed by atoms with van der Waals surface area (Å²) in [4.78, 5) is 16.0. The van der Waals surface area contributed by atoms with Crippen LogP contribution in [0.3, 0.4) is 0 Å². The first kappa shape index (κ1) is 28.6. The maximum atomic E-state index is 14.9. The first-order chi connectivity index (χ1) is 19.5. The van der Waals surface area contributed by atoms with E-state index in [-0.39, 0.29) is 11.7 Å². The number of anilines is 3. The minimum Gasteiger partial charge on any atom is -0.423 e. The molecule has 3 N–H and O–H groups in total. The van der Waals surface area contributed by atoms with E-state index in [1.165, 1.54) is 31.7 Å². The van der Waals surface area contributed by atoms with Crippen molar-refractivity contribution in [1.29, 1.82) is 5.26 Å². The van der Waals surface area contributed by atoms with Gasteiger partial charge in [0.1, 0.15) is 29.1 Å². The Balaban J connectivity index is 0.000000316. The van der Waals surface area contributed by atoms with Crippen LogP contribution in [0.5, 0.6) is 0 Å². The van der Waals surface area contributed by atoms with Gasteiger partial charge in [-0.3, -0.25) is 0 Å². The van der Waals surface area contributed by atoms with Crippen molar-refractivity contribution in [2.24, 2.45) is 5.92 Å². The molecular formula is C31H36FN7O. The van der Waals surface area contributed by atoms with Crippen molar-refractivity contribution in [1.82, 2.24) is 19.9 Å². The molecule has 0 spiro atoms. The summed E-state index contributed by atoms with van der Waals surface area (Å²) in [6, 6.07) is 11.5. The monoisotopic (exact) mass is 541 g/mol. The number of oxazole rings is 1. The third-order valence-electron chi connectivity index (χ3n) is 6.84. The molecule has 8 nitrogen and oxygen atoms in total. The van der Waals surface area contributed by atoms with Crippen molar-refractivity contribution in [3.63, 3.8) is 0 Å². The quantitative estimate of drug-likeness (QED) is 0.209. The maximum absolute atomic E-state index is 14.9. The Morgan fingerprint density at radius 2 is 1.85 bits per heavy atom. The van der Waals surface area contributed by atoms with Crippen molar-refractivity contribution in [2.75, 3.05) is 17.7 Å². The summed E-state index contributed by atoms with van der Waals surface area (Å²) in [6.07, 6.45) is 9.47. The van der Waals surface area contributed by atoms with Gasteiger partial charge >= 0.3 is 0 Å². The van der Waals surface area contributed by atoms with Gasteiger partial charge in [-0.05, 0) is 61.6 Å². The molecule has 9 heteroatoms. The van der Waals surface area contributed by atoms with E-state index in [0.717, 1.165) is 40.4 Å². The second-order valence-electron chi connectivity index (χ2n) is 9.63. The van der Waals surface area contributed by atoms with Gasteiger partial charge in [-0.2, -0.15) is 10.2 Å². The summed E-state index contributed by atoms with van der Waals surface area (Å²) in [5.41, 5.74) is 6.01. The van der Waals surface area contributed by atoms with Gasteiger partial charge in [0.2, 0.25) is 0 Å². The normalized spacial score (nSPS) is 13.1. The zero-order chi connectivity index (χ0) is 28.6. The smallest absolute Gasteiger partial charge is 0.300 e. The molecule has 3 heterocycles. The average molecular weight is 542 g/mol. The van der Waals surface area contributed by atoms with Crippen molar-refractivity contribution in [3.05, 3.63) is 59.8 Å². The Bertz CT molecular complexity index is 1630. The van der Waals surface area contributed by atoms with Crippen LogP contribution in [0.4, 0.5) is 21.9 Å². The van der Waals surface area contributed by atoms with Crippen LogP contribution in [0, 0.1) is 36.9 Å². The number of rotatable bonds is 4. The highest BCUT2D eigenvalue weighted by Gasteiger charge is 2.15. The molecule has 0 saturated heterocycles. The minimum atomic E-state index is -0.417. The fourth-order valence-electron chi connectivity index (χ4n) is 4.94. The van der Waals surface area contributed by atoms with Crippen LogP contribution < -0.4 is 10.6 Å². The third kappa shape index (κ3) is 6.23. The van der Waals surface area contributed by atoms with Crippen molar-refractivity contribution < 1.29 is 8.81 Å². The molecule has 1 aliphatic carbocycles. The van der Waals surface area contributed by atoms with E-state index in [4.69, 9.17) is 9.68 Å². The molecule has 0 radical (unpaired) electrons. The van der Waals surface area contributed by atoms with Gasteiger partial charge in [-0.1, -0.05) is 45.2 Å². The first-order valence-corrected chi connectivity index (χ1v) is 13.8. The summed E-state index contributed by atoms with van der Waals surface area (Å²) < 4.78 is 20.7. The Kier molecular flexibility index (Phi) is 9.33. The average Bonchev–Trinajstić information content (AvgIpc) is 3.60. The van der Waals surface area contributed by atoms with Crippen LogP contribution in [-0.2, 0) is 0 Å². The zero-order valence-electron chi connectivity index (χ0n) is 23.7. The van der Waals surface area contributed by atoms with Gasteiger partial charge in [0, 0.05) is 24.7 Å². The number of halogens is 1. The SMILES string of the molecule is CC.CNc1ncnc2[nH]cc(-c3ccc(Nc4nc5cc(C)cc(C)c5o4)c(F)c3)c12.N#CC1CCCCC1. The summed E-state index contributed by atoms with van der Waals surface area (Å²) >= 11 is 0. The lowest BCUT2D eigenvalue weighted by Crippen LogP contribution is -2.02. The highest BCUT2D eigenvalue weighted by Crippen LogP contribution is 2.34. The second-order valence-corrected chi connectivity index (χ2v) is 9.63. The van der Waals surface area contributed by atoms with Gasteiger partial charge in [-0.15, -0.1) is 0 Å². The molecule has 1 aliphatic rings. The van der Waals surface area contributed by atoms with Crippen LogP contribution in [-0.4, -0.2) is 27.0 Å². The second kappa shape index (κ2) is 13.1. The summed E-state index contributed by atoms with van der Waals surface area (Å²) in [7, 11) is 1.79. The number of aromatic nitrogens is 4. The topological polar surface area (TPSA) is 115 Å². The van der Waals surface area contributed by atoms with Gasteiger partial charge in [0.05, 0.1) is 17.1 Å². The number of nitrogens with zero attached hydrogens (tertiary/aromatic N) is 4. The molecule has 6 rings (SSSR count). The van der Waals surface area contributed by atoms with Crippen molar-refractivity contribution >= 4 is 39.7 Å². The van der Waals surface area contributed by atoms with E-state index in [9.17, 15) is 4.39 Å². The highest BCUT2D eigenvalue weighted by atomic mass is 19.1. The van der Waals surface area contributed by atoms with Crippen LogP contribution in [0.2, 0.25) is 0 Å². The van der Waals surface area contributed by atoms with E-state index >= 15 is 0 Å². The molecule has 208 valence electrons. The summed E-state index contributed by atoms with van der Waals surface area (Å²) in [6.45, 7) is 7.96. The maximum Gasteiger partial charge on any atom is 0.300 e. The van der Waals surface area contributed by atoms with E-state index in [1.54, 1.807) is 19.3 Å². The molecule has 0 atom stereocenters. The van der Waals surface area contributed by atoms with Gasteiger partial charge in [-0.25, -0.2) is 14.4 Å². The zero-order valence-corrected chi connectivity index (χ0v) is 23.7. The van der Waals surface area contributed by atoms with Crippen LogP contribution in [0.25, 0.3) is 33.3 Å². The largest absolute Gasteiger partial charge is 0.423 e. The number of H-pyrrole nitrogens is 1. The molecule has 2 aromatic carbocycles. The fraction of sp³-hybridized carbons (Fsp3) is 0.355. The Morgan fingerprint density at radius 3 is 2.52 bits per heavy atom. The number of hydrogen-bond donors (Lipinski definition) is 3. The Morgan fingerprint density at radius 1 is 1.07 bits per heavy atom. The summed E-state index contributed by atoms with van der Waals surface area (Å²) in [5, 5.41) is 15.2. The number of nitrogens with one attached hydrogen (secondary N) is 3. The van der Waals surface area contributed by atoms with Gasteiger partial charge in [0.15, 0.2) is 5.58 Å². The lowest BCUT2D eigenvalue weighted by molar-refractivity contribution is 0.427. The highest BCUT2D eigenvalue weighted by molar-refractivity contribution is 6.00. The first-order valence-electron chi connectivity index (χ1n) is 13.8. The van der Waals surface area contributed by atoms with E-state index in [0.29, 0.717) is 28.5 Å². The number of benzene rings is 2. The number of hydrogen-bond acceptors (Lipinski definition) is 7. The predicted molar refractivity (Wildman–Crippen MR) is 159 cm³/mol. The van der Waals surface area contributed by atoms with E-state index in [2.05, 4.69) is 36.6 Å². The fourth-order valence-corrected chi connectivity index (χ4v) is 4.94. The Hall–Kier alpha value is -4.45. The van der Waals surface area contributed by atoms with Crippen molar-refractivity contribution in [2.45, 2.75) is 59.8 Å². The van der Waals surface area contributed by atoms with E-state index in [1.807, 2.05) is 45.9 Å². The number of nitriles is 1. The van der Waals surface area contributed by atoms with Gasteiger partial charge < -0.3 is 20.0 Å². The van der Waals surface area contributed by atoms with Gasteiger partial charge in [0.25, 0.3) is 6.01 Å². The number of aromatic amines is 1. The molecule has 0 aliphatic heterocycles. The third-order valence-corrected chi connectivity index (χ3v) is 6.84. The molecule has 3 aromatic heterocycles. The molecular weight excluding hydrogens is 505 g/mol. The molecule has 1 saturated carbocycles.